The Morgan fingerprint density at radius 2 is 1.13 bits per heavy atom. The Kier molecular flexibility index (Phi) is 6.49. The molecule has 0 spiro atoms. The lowest BCUT2D eigenvalue weighted by Crippen LogP contribution is -2.25. The molecule has 31 heavy (non-hydrogen) atoms. The Bertz CT molecular complexity index is 904. The Labute approximate surface area is 180 Å². The minimum Gasteiger partial charge on any atom is -0.206 e. The summed E-state index contributed by atoms with van der Waals surface area (Å²) in [4.78, 5) is 0. The lowest BCUT2D eigenvalue weighted by molar-refractivity contribution is 0.171. The highest BCUT2D eigenvalue weighted by molar-refractivity contribution is 5.65. The molecule has 2 aromatic rings. The number of halogens is 5. The Balaban J connectivity index is 1.46. The number of rotatable bonds is 4. The van der Waals surface area contributed by atoms with Gasteiger partial charge in [0, 0.05) is 0 Å². The molecular weight excluding hydrogens is 407 g/mol. The van der Waals surface area contributed by atoms with E-state index in [0.29, 0.717) is 29.5 Å². The number of allylic oxidation sites excluding steroid dienone is 1. The van der Waals surface area contributed by atoms with E-state index in [0.717, 1.165) is 31.6 Å². The van der Waals surface area contributed by atoms with Gasteiger partial charge in [-0.25, -0.2) is 22.0 Å². The molecule has 0 heterocycles. The van der Waals surface area contributed by atoms with Crippen LogP contribution in [0.4, 0.5) is 22.0 Å². The molecule has 0 nitrogen and oxygen atoms in total. The molecule has 2 aromatic carbocycles. The summed E-state index contributed by atoms with van der Waals surface area (Å²) in [7, 11) is 0. The summed E-state index contributed by atoms with van der Waals surface area (Å²) in [5.74, 6) is -4.26. The fourth-order valence-corrected chi connectivity index (χ4v) is 5.58. The van der Waals surface area contributed by atoms with Crippen LogP contribution in [-0.4, -0.2) is 0 Å². The summed E-state index contributed by atoms with van der Waals surface area (Å²) >= 11 is 0. The zero-order valence-electron chi connectivity index (χ0n) is 17.4. The van der Waals surface area contributed by atoms with Crippen molar-refractivity contribution >= 4 is 0 Å². The summed E-state index contributed by atoms with van der Waals surface area (Å²) in [5, 5.41) is 0. The minimum atomic E-state index is -1.66. The van der Waals surface area contributed by atoms with Crippen LogP contribution < -0.4 is 0 Å². The molecule has 2 aliphatic rings. The third-order valence-electron chi connectivity index (χ3n) is 7.40. The van der Waals surface area contributed by atoms with Crippen molar-refractivity contribution in [2.24, 2.45) is 17.8 Å². The molecule has 0 radical (unpaired) electrons. The summed E-state index contributed by atoms with van der Waals surface area (Å²) in [6, 6.07) is 3.76. The minimum absolute atomic E-state index is 0.0699. The number of hydrogen-bond acceptors (Lipinski definition) is 0. The van der Waals surface area contributed by atoms with Gasteiger partial charge in [-0.2, -0.15) is 0 Å². The Morgan fingerprint density at radius 3 is 1.61 bits per heavy atom. The SMILES string of the molecule is C=CC1CCC(C2CCC(c3cc(F)c(-c4cc(F)c(F)c(F)c4)c(F)c3)CC2)CC1. The lowest BCUT2D eigenvalue weighted by Gasteiger charge is -2.37. The van der Waals surface area contributed by atoms with Crippen LogP contribution >= 0.6 is 0 Å². The lowest BCUT2D eigenvalue weighted by atomic mass is 9.68. The normalized spacial score (nSPS) is 26.6. The van der Waals surface area contributed by atoms with Gasteiger partial charge >= 0.3 is 0 Å². The molecule has 0 aliphatic heterocycles. The van der Waals surface area contributed by atoms with Gasteiger partial charge in [0.2, 0.25) is 0 Å². The van der Waals surface area contributed by atoms with Gasteiger partial charge in [-0.1, -0.05) is 6.08 Å². The van der Waals surface area contributed by atoms with E-state index in [1.54, 1.807) is 0 Å². The maximum atomic E-state index is 14.8. The average molecular weight is 434 g/mol. The smallest absolute Gasteiger partial charge is 0.194 e. The van der Waals surface area contributed by atoms with E-state index in [4.69, 9.17) is 0 Å². The van der Waals surface area contributed by atoms with Crippen LogP contribution in [0, 0.1) is 46.8 Å². The molecule has 0 aromatic heterocycles. The van der Waals surface area contributed by atoms with Crippen molar-refractivity contribution in [3.63, 3.8) is 0 Å². The van der Waals surface area contributed by atoms with E-state index in [9.17, 15) is 22.0 Å². The van der Waals surface area contributed by atoms with E-state index in [1.165, 1.54) is 37.8 Å². The van der Waals surface area contributed by atoms with Crippen molar-refractivity contribution < 1.29 is 22.0 Å². The van der Waals surface area contributed by atoms with Crippen LogP contribution in [0.1, 0.15) is 62.8 Å². The van der Waals surface area contributed by atoms with Gasteiger partial charge in [0.15, 0.2) is 17.5 Å². The fourth-order valence-electron chi connectivity index (χ4n) is 5.58. The van der Waals surface area contributed by atoms with Crippen molar-refractivity contribution in [1.29, 1.82) is 0 Å². The highest BCUT2D eigenvalue weighted by atomic mass is 19.2. The summed E-state index contributed by atoms with van der Waals surface area (Å²) in [5.41, 5.74) is -0.304. The molecule has 0 unspecified atom stereocenters. The van der Waals surface area contributed by atoms with Gasteiger partial charge in [0.05, 0.1) is 5.56 Å². The molecule has 0 saturated heterocycles. The molecule has 2 saturated carbocycles. The van der Waals surface area contributed by atoms with Gasteiger partial charge in [0.25, 0.3) is 0 Å². The zero-order valence-corrected chi connectivity index (χ0v) is 17.4. The summed E-state index contributed by atoms with van der Waals surface area (Å²) in [6.45, 7) is 3.90. The first-order valence-corrected chi connectivity index (χ1v) is 11.1. The van der Waals surface area contributed by atoms with Crippen molar-refractivity contribution in [1.82, 2.24) is 0 Å². The van der Waals surface area contributed by atoms with E-state index in [2.05, 4.69) is 12.7 Å². The second-order valence-electron chi connectivity index (χ2n) is 9.14. The number of hydrogen-bond donors (Lipinski definition) is 0. The molecule has 4 rings (SSSR count). The first kappa shape index (κ1) is 22.0. The van der Waals surface area contributed by atoms with E-state index < -0.39 is 34.6 Å². The van der Waals surface area contributed by atoms with Crippen LogP contribution in [0.15, 0.2) is 36.9 Å². The van der Waals surface area contributed by atoms with E-state index in [-0.39, 0.29) is 11.5 Å². The molecule has 2 fully saturated rings. The van der Waals surface area contributed by atoms with Crippen molar-refractivity contribution in [3.05, 3.63) is 71.6 Å². The monoisotopic (exact) mass is 434 g/mol. The molecule has 0 N–H and O–H groups in total. The van der Waals surface area contributed by atoms with Crippen molar-refractivity contribution in [2.75, 3.05) is 0 Å². The maximum absolute atomic E-state index is 14.8. The topological polar surface area (TPSA) is 0 Å². The van der Waals surface area contributed by atoms with Gasteiger partial charge in [-0.15, -0.1) is 6.58 Å². The summed E-state index contributed by atoms with van der Waals surface area (Å²) in [6.07, 6.45) is 10.8. The highest BCUT2D eigenvalue weighted by Crippen LogP contribution is 2.44. The Hall–Kier alpha value is -2.17. The zero-order chi connectivity index (χ0) is 22.1. The summed E-state index contributed by atoms with van der Waals surface area (Å²) < 4.78 is 69.8. The third-order valence-corrected chi connectivity index (χ3v) is 7.40. The van der Waals surface area contributed by atoms with Crippen LogP contribution in [0.3, 0.4) is 0 Å². The molecular formula is C26H27F5. The molecule has 5 heteroatoms. The van der Waals surface area contributed by atoms with Gasteiger partial charge < -0.3 is 0 Å². The largest absolute Gasteiger partial charge is 0.206 e. The molecule has 0 amide bonds. The highest BCUT2D eigenvalue weighted by Gasteiger charge is 2.31. The Morgan fingerprint density at radius 1 is 0.645 bits per heavy atom. The second-order valence-corrected chi connectivity index (χ2v) is 9.14. The van der Waals surface area contributed by atoms with Crippen molar-refractivity contribution in [2.45, 2.75) is 57.3 Å². The molecule has 166 valence electrons. The maximum Gasteiger partial charge on any atom is 0.194 e. The van der Waals surface area contributed by atoms with Crippen LogP contribution in [0.5, 0.6) is 0 Å². The van der Waals surface area contributed by atoms with E-state index >= 15 is 0 Å². The first-order chi connectivity index (χ1) is 14.9. The van der Waals surface area contributed by atoms with Gasteiger partial charge in [-0.3, -0.25) is 0 Å². The molecule has 0 atom stereocenters. The quantitative estimate of drug-likeness (QED) is 0.258. The number of benzene rings is 2. The van der Waals surface area contributed by atoms with Crippen LogP contribution in [-0.2, 0) is 0 Å². The van der Waals surface area contributed by atoms with Gasteiger partial charge in [0.1, 0.15) is 11.6 Å². The fraction of sp³-hybridized carbons (Fsp3) is 0.462. The van der Waals surface area contributed by atoms with Crippen LogP contribution in [0.2, 0.25) is 0 Å². The average Bonchev–Trinajstić information content (AvgIpc) is 2.77. The van der Waals surface area contributed by atoms with Crippen molar-refractivity contribution in [3.8, 4) is 11.1 Å². The third kappa shape index (κ3) is 4.56. The van der Waals surface area contributed by atoms with E-state index in [1.807, 2.05) is 0 Å². The van der Waals surface area contributed by atoms with Gasteiger partial charge in [-0.05, 0) is 110 Å². The molecule has 0 bridgehead atoms. The van der Waals surface area contributed by atoms with Crippen LogP contribution in [0.25, 0.3) is 11.1 Å². The predicted molar refractivity (Wildman–Crippen MR) is 112 cm³/mol. The molecule has 2 aliphatic carbocycles. The predicted octanol–water partition coefficient (Wildman–Crippen LogP) is 8.32. The standard InChI is InChI=1S/C26H27F5/c1-2-15-3-5-16(6-4-15)17-7-9-18(10-8-17)19-11-21(27)25(22(28)12-19)20-13-23(29)26(31)24(30)14-20/h2,11-18H,1,3-10H2. The second kappa shape index (κ2) is 9.13. The first-order valence-electron chi connectivity index (χ1n) is 11.1.